The SMILES string of the molecule is Cc1cc(-c2ccc(N=NC=C3C=C(C(C)(C)C)C(=O)C(C(C)(C)C)=C3)cc2)c(C)c(Cl)c1N=NC=C1C=C(C(C)(C)C)C(=O)C(C(C)(C)C)=C1. The van der Waals surface area contributed by atoms with E-state index in [9.17, 15) is 9.59 Å². The third-order valence-corrected chi connectivity index (χ3v) is 9.52. The van der Waals surface area contributed by atoms with Gasteiger partial charge in [0.2, 0.25) is 0 Å². The van der Waals surface area contributed by atoms with Crippen molar-refractivity contribution in [3.8, 4) is 11.1 Å². The molecule has 0 heterocycles. The molecule has 0 saturated heterocycles. The highest BCUT2D eigenvalue weighted by molar-refractivity contribution is 6.34. The molecule has 0 N–H and O–H groups in total. The van der Waals surface area contributed by atoms with Crippen LogP contribution in [0, 0.1) is 35.5 Å². The molecule has 51 heavy (non-hydrogen) atoms. The van der Waals surface area contributed by atoms with Gasteiger partial charge in [0, 0.05) is 22.3 Å². The number of allylic oxidation sites excluding steroid dienone is 10. The molecule has 0 radical (unpaired) electrons. The number of benzene rings is 2. The number of aryl methyl sites for hydroxylation is 1. The summed E-state index contributed by atoms with van der Waals surface area (Å²) in [5, 5.41) is 18.3. The second kappa shape index (κ2) is 14.4. The smallest absolute Gasteiger partial charge is 0.186 e. The Morgan fingerprint density at radius 1 is 0.569 bits per heavy atom. The molecular weight excluding hydrogens is 652 g/mol. The van der Waals surface area contributed by atoms with Gasteiger partial charge in [-0.05, 0) is 111 Å². The summed E-state index contributed by atoms with van der Waals surface area (Å²) in [6.07, 6.45) is 11.1. The number of rotatable bonds is 5. The molecule has 0 saturated carbocycles. The van der Waals surface area contributed by atoms with Crippen LogP contribution in [0.25, 0.3) is 11.1 Å². The lowest BCUT2D eigenvalue weighted by molar-refractivity contribution is -0.114. The molecule has 2 aliphatic rings. The fraction of sp³-hybridized carbons (Fsp3) is 0.409. The number of hydrogen-bond acceptors (Lipinski definition) is 6. The number of azo groups is 2. The Morgan fingerprint density at radius 2 is 0.941 bits per heavy atom. The van der Waals surface area contributed by atoms with E-state index in [1.807, 2.05) is 104 Å². The number of halogens is 1. The highest BCUT2D eigenvalue weighted by Crippen LogP contribution is 2.42. The number of nitrogens with zero attached hydrogens (tertiary/aromatic N) is 4. The topological polar surface area (TPSA) is 83.6 Å². The van der Waals surface area contributed by atoms with Gasteiger partial charge in [0.25, 0.3) is 0 Å². The summed E-state index contributed by atoms with van der Waals surface area (Å²) in [5.41, 5.74) is 8.66. The van der Waals surface area contributed by atoms with Crippen LogP contribution in [0.15, 0.2) is 121 Å². The quantitative estimate of drug-likeness (QED) is 0.290. The summed E-state index contributed by atoms with van der Waals surface area (Å²) >= 11 is 6.91. The van der Waals surface area contributed by atoms with Gasteiger partial charge < -0.3 is 0 Å². The minimum atomic E-state index is -0.302. The predicted molar refractivity (Wildman–Crippen MR) is 212 cm³/mol. The van der Waals surface area contributed by atoms with Crippen LogP contribution in [0.5, 0.6) is 0 Å². The lowest BCUT2D eigenvalue weighted by Gasteiger charge is -2.31. The van der Waals surface area contributed by atoms with Crippen LogP contribution in [0.1, 0.15) is 94.2 Å². The number of carbonyl (C=O) groups excluding carboxylic acids is 2. The van der Waals surface area contributed by atoms with Crippen molar-refractivity contribution in [2.24, 2.45) is 42.1 Å². The third kappa shape index (κ3) is 9.15. The zero-order valence-electron chi connectivity index (χ0n) is 32.8. The summed E-state index contributed by atoms with van der Waals surface area (Å²) in [5.74, 6) is 0.177. The van der Waals surface area contributed by atoms with Crippen molar-refractivity contribution in [2.75, 3.05) is 0 Å². The van der Waals surface area contributed by atoms with Gasteiger partial charge >= 0.3 is 0 Å². The lowest BCUT2D eigenvalue weighted by Crippen LogP contribution is -2.27. The van der Waals surface area contributed by atoms with E-state index < -0.39 is 0 Å². The number of ketones is 2. The van der Waals surface area contributed by atoms with Crippen molar-refractivity contribution in [3.63, 3.8) is 0 Å². The van der Waals surface area contributed by atoms with Gasteiger partial charge in [0.15, 0.2) is 11.6 Å². The summed E-state index contributed by atoms with van der Waals surface area (Å²) < 4.78 is 0. The van der Waals surface area contributed by atoms with Crippen molar-refractivity contribution in [1.82, 2.24) is 0 Å². The molecule has 4 rings (SSSR count). The van der Waals surface area contributed by atoms with Gasteiger partial charge in [-0.2, -0.15) is 15.3 Å². The van der Waals surface area contributed by atoms with E-state index in [1.54, 1.807) is 12.4 Å². The molecule has 2 aliphatic carbocycles. The Hall–Kier alpha value is -4.29. The summed E-state index contributed by atoms with van der Waals surface area (Å²) in [6, 6.07) is 9.92. The molecule has 268 valence electrons. The molecule has 0 amide bonds. The van der Waals surface area contributed by atoms with Crippen molar-refractivity contribution >= 4 is 34.5 Å². The zero-order valence-corrected chi connectivity index (χ0v) is 33.6. The van der Waals surface area contributed by atoms with E-state index in [0.29, 0.717) is 16.4 Å². The Labute approximate surface area is 310 Å². The number of hydrogen-bond donors (Lipinski definition) is 0. The molecule has 0 unspecified atom stereocenters. The molecule has 0 aliphatic heterocycles. The third-order valence-electron chi connectivity index (χ3n) is 9.05. The Bertz CT molecular complexity index is 1930. The van der Waals surface area contributed by atoms with Crippen LogP contribution in [-0.2, 0) is 9.59 Å². The van der Waals surface area contributed by atoms with E-state index in [-0.39, 0.29) is 33.2 Å². The fourth-order valence-corrected chi connectivity index (χ4v) is 6.28. The molecule has 2 aromatic carbocycles. The fourth-order valence-electron chi connectivity index (χ4n) is 5.99. The van der Waals surface area contributed by atoms with Gasteiger partial charge in [-0.25, -0.2) is 0 Å². The Balaban J connectivity index is 1.59. The van der Waals surface area contributed by atoms with Crippen LogP contribution in [0.4, 0.5) is 11.4 Å². The van der Waals surface area contributed by atoms with Crippen LogP contribution in [0.3, 0.4) is 0 Å². The van der Waals surface area contributed by atoms with E-state index in [4.69, 9.17) is 11.6 Å². The van der Waals surface area contributed by atoms with E-state index in [0.717, 1.165) is 55.7 Å². The first-order chi connectivity index (χ1) is 23.4. The van der Waals surface area contributed by atoms with E-state index >= 15 is 0 Å². The molecule has 0 aromatic heterocycles. The maximum atomic E-state index is 13.3. The molecule has 0 atom stereocenters. The first-order valence-electron chi connectivity index (χ1n) is 17.5. The van der Waals surface area contributed by atoms with Crippen molar-refractivity contribution in [3.05, 3.63) is 117 Å². The summed E-state index contributed by atoms with van der Waals surface area (Å²) in [6.45, 7) is 28.6. The number of Topliss-reactive ketones (excluding diaryl/α,β-unsaturated/α-hetero) is 2. The van der Waals surface area contributed by atoms with Gasteiger partial charge in [0.1, 0.15) is 5.69 Å². The van der Waals surface area contributed by atoms with Crippen LogP contribution >= 0.6 is 11.6 Å². The molecular formula is C44H53ClN4O2. The minimum absolute atomic E-state index is 0.0834. The van der Waals surface area contributed by atoms with Crippen molar-refractivity contribution in [1.29, 1.82) is 0 Å². The van der Waals surface area contributed by atoms with E-state index in [2.05, 4.69) is 68.1 Å². The summed E-state index contributed by atoms with van der Waals surface area (Å²) in [4.78, 5) is 26.5. The predicted octanol–water partition coefficient (Wildman–Crippen LogP) is 13.6. The maximum absolute atomic E-state index is 13.3. The Morgan fingerprint density at radius 3 is 1.31 bits per heavy atom. The minimum Gasteiger partial charge on any atom is -0.289 e. The van der Waals surface area contributed by atoms with Crippen LogP contribution < -0.4 is 0 Å². The largest absolute Gasteiger partial charge is 0.289 e. The maximum Gasteiger partial charge on any atom is 0.186 e. The first kappa shape index (κ1) is 39.5. The second-order valence-corrected chi connectivity index (χ2v) is 18.0. The van der Waals surface area contributed by atoms with Crippen molar-refractivity contribution in [2.45, 2.75) is 96.9 Å². The molecule has 2 aromatic rings. The van der Waals surface area contributed by atoms with Gasteiger partial charge in [-0.3, -0.25) is 9.59 Å². The average Bonchev–Trinajstić information content (AvgIpc) is 3.00. The number of carbonyl (C=O) groups is 2. The zero-order chi connectivity index (χ0) is 38.3. The highest BCUT2D eigenvalue weighted by atomic mass is 35.5. The standard InChI is InChI=1S/C44H53ClN4O2/c1-26-19-32(27(2)37(45)38(26)49-47-25-29-22-35(43(9,10)11)40(51)36(23-29)44(12,13)14)30-15-17-31(18-16-30)48-46-24-28-20-33(41(3,4)5)39(50)34(21-28)42(6,7)8/h15-25H,1-14H3. The highest BCUT2D eigenvalue weighted by Gasteiger charge is 2.35. The van der Waals surface area contributed by atoms with Gasteiger partial charge in [0.05, 0.1) is 23.1 Å². The van der Waals surface area contributed by atoms with E-state index in [1.165, 1.54) is 0 Å². The first-order valence-corrected chi connectivity index (χ1v) is 17.9. The molecule has 0 spiro atoms. The monoisotopic (exact) mass is 704 g/mol. The average molecular weight is 705 g/mol. The summed E-state index contributed by atoms with van der Waals surface area (Å²) in [7, 11) is 0. The van der Waals surface area contributed by atoms with Gasteiger partial charge in [-0.1, -0.05) is 107 Å². The van der Waals surface area contributed by atoms with Crippen molar-refractivity contribution < 1.29 is 9.59 Å². The lowest BCUT2D eigenvalue weighted by atomic mass is 9.72. The second-order valence-electron chi connectivity index (χ2n) is 17.7. The van der Waals surface area contributed by atoms with Gasteiger partial charge in [-0.15, -0.1) is 5.11 Å². The normalized spacial score (nSPS) is 16.5. The van der Waals surface area contributed by atoms with Crippen LogP contribution in [0.2, 0.25) is 5.02 Å². The molecule has 0 bridgehead atoms. The molecule has 0 fully saturated rings. The van der Waals surface area contributed by atoms with Crippen LogP contribution in [-0.4, -0.2) is 11.6 Å². The Kier molecular flexibility index (Phi) is 11.1. The molecule has 7 heteroatoms. The molecule has 6 nitrogen and oxygen atoms in total.